The smallest absolute Gasteiger partial charge is 0.392 e. The SMILES string of the molecule is CO/C(=C\[N+]#N)c1ccc(OC)cc1. The van der Waals surface area contributed by atoms with Crippen molar-refractivity contribution in [3.05, 3.63) is 41.0 Å². The zero-order valence-corrected chi connectivity index (χ0v) is 8.10. The van der Waals surface area contributed by atoms with Crippen molar-refractivity contribution in [2.75, 3.05) is 14.2 Å². The van der Waals surface area contributed by atoms with Crippen LogP contribution >= 0.6 is 0 Å². The molecule has 0 unspecified atom stereocenters. The highest BCUT2D eigenvalue weighted by Crippen LogP contribution is 2.18. The molecule has 0 aromatic heterocycles. The van der Waals surface area contributed by atoms with Gasteiger partial charge in [-0.3, -0.25) is 0 Å². The number of methoxy groups -OCH3 is 2. The minimum absolute atomic E-state index is 0.496. The van der Waals surface area contributed by atoms with Gasteiger partial charge in [-0.2, -0.15) is 0 Å². The van der Waals surface area contributed by atoms with Crippen LogP contribution in [0.2, 0.25) is 0 Å². The Balaban J connectivity index is 2.96. The summed E-state index contributed by atoms with van der Waals surface area (Å²) in [6.07, 6.45) is 1.24. The van der Waals surface area contributed by atoms with Crippen LogP contribution in [0.3, 0.4) is 0 Å². The standard InChI is InChI=1S/C10H11N2O2/c1-13-9-5-3-8(4-6-9)10(14-2)7-12-11/h3-7H,1-2H3/q+1/b10-7-. The number of rotatable bonds is 3. The lowest BCUT2D eigenvalue weighted by molar-refractivity contribution is 0.369. The fourth-order valence-electron chi connectivity index (χ4n) is 1.05. The molecule has 0 bridgehead atoms. The van der Waals surface area contributed by atoms with Crippen molar-refractivity contribution in [1.29, 1.82) is 5.39 Å². The summed E-state index contributed by atoms with van der Waals surface area (Å²) in [4.78, 5) is 2.91. The van der Waals surface area contributed by atoms with Crippen LogP contribution in [0.5, 0.6) is 5.75 Å². The van der Waals surface area contributed by atoms with Crippen LogP contribution in [0.4, 0.5) is 0 Å². The third-order valence-electron chi connectivity index (χ3n) is 1.77. The summed E-state index contributed by atoms with van der Waals surface area (Å²) in [5.41, 5.74) is 0.825. The highest BCUT2D eigenvalue weighted by Gasteiger charge is 2.06. The van der Waals surface area contributed by atoms with E-state index in [1.165, 1.54) is 13.3 Å². The Bertz CT molecular complexity index is 363. The second-order valence-electron chi connectivity index (χ2n) is 2.54. The van der Waals surface area contributed by atoms with Crippen LogP contribution in [0, 0.1) is 5.39 Å². The number of hydrogen-bond acceptors (Lipinski definition) is 3. The monoisotopic (exact) mass is 191 g/mol. The second-order valence-corrected chi connectivity index (χ2v) is 2.54. The van der Waals surface area contributed by atoms with Crippen LogP contribution in [-0.4, -0.2) is 14.2 Å². The minimum atomic E-state index is 0.496. The van der Waals surface area contributed by atoms with E-state index in [1.54, 1.807) is 19.2 Å². The molecular weight excluding hydrogens is 180 g/mol. The maximum absolute atomic E-state index is 8.37. The van der Waals surface area contributed by atoms with Gasteiger partial charge in [0, 0.05) is 5.56 Å². The lowest BCUT2D eigenvalue weighted by Gasteiger charge is -2.02. The number of nitrogens with zero attached hydrogens (tertiary/aromatic N) is 2. The molecule has 4 heteroatoms. The van der Waals surface area contributed by atoms with Gasteiger partial charge in [-0.15, -0.1) is 0 Å². The van der Waals surface area contributed by atoms with E-state index in [-0.39, 0.29) is 0 Å². The number of hydrogen-bond donors (Lipinski definition) is 0. The average Bonchev–Trinajstić information content (AvgIpc) is 2.26. The van der Waals surface area contributed by atoms with Crippen molar-refractivity contribution < 1.29 is 9.47 Å². The summed E-state index contributed by atoms with van der Waals surface area (Å²) >= 11 is 0. The van der Waals surface area contributed by atoms with Gasteiger partial charge in [-0.05, 0) is 24.3 Å². The van der Waals surface area contributed by atoms with E-state index in [0.717, 1.165) is 11.3 Å². The summed E-state index contributed by atoms with van der Waals surface area (Å²) in [5.74, 6) is 1.26. The van der Waals surface area contributed by atoms with Crippen LogP contribution in [0.15, 0.2) is 30.5 Å². The summed E-state index contributed by atoms with van der Waals surface area (Å²) in [7, 11) is 3.12. The maximum Gasteiger partial charge on any atom is 0.392 e. The van der Waals surface area contributed by atoms with E-state index in [9.17, 15) is 0 Å². The first-order valence-electron chi connectivity index (χ1n) is 4.04. The molecule has 0 amide bonds. The summed E-state index contributed by atoms with van der Waals surface area (Å²) in [6.45, 7) is 0. The predicted molar refractivity (Wildman–Crippen MR) is 53.1 cm³/mol. The highest BCUT2D eigenvalue weighted by molar-refractivity contribution is 5.61. The lowest BCUT2D eigenvalue weighted by atomic mass is 10.2. The summed E-state index contributed by atoms with van der Waals surface area (Å²) in [6, 6.07) is 7.25. The number of benzene rings is 1. The van der Waals surface area contributed by atoms with Gasteiger partial charge in [-0.1, -0.05) is 0 Å². The molecule has 0 radical (unpaired) electrons. The zero-order chi connectivity index (χ0) is 10.4. The Labute approximate surface area is 82.4 Å². The third-order valence-corrected chi connectivity index (χ3v) is 1.77. The molecule has 1 aromatic carbocycles. The molecule has 1 rings (SSSR count). The van der Waals surface area contributed by atoms with Gasteiger partial charge >= 0.3 is 6.20 Å². The second kappa shape index (κ2) is 4.87. The molecule has 0 fully saturated rings. The topological polar surface area (TPSA) is 46.6 Å². The molecule has 0 atom stereocenters. The first-order chi connectivity index (χ1) is 6.81. The van der Waals surface area contributed by atoms with Crippen molar-refractivity contribution in [3.63, 3.8) is 0 Å². The molecule has 0 aliphatic heterocycles. The molecule has 0 aliphatic rings. The number of ether oxygens (including phenoxy) is 2. The first-order valence-corrected chi connectivity index (χ1v) is 4.04. The zero-order valence-electron chi connectivity index (χ0n) is 8.10. The van der Waals surface area contributed by atoms with Gasteiger partial charge in [0.05, 0.1) is 14.2 Å². The number of diazo groups is 1. The van der Waals surface area contributed by atoms with E-state index in [0.29, 0.717) is 5.76 Å². The predicted octanol–water partition coefficient (Wildman–Crippen LogP) is 2.49. The molecule has 0 aliphatic carbocycles. The normalized spacial score (nSPS) is 10.5. The van der Waals surface area contributed by atoms with Crippen LogP contribution in [0.25, 0.3) is 10.7 Å². The van der Waals surface area contributed by atoms with Crippen molar-refractivity contribution in [2.45, 2.75) is 0 Å². The molecule has 0 N–H and O–H groups in total. The lowest BCUT2D eigenvalue weighted by Crippen LogP contribution is -1.87. The molecule has 4 nitrogen and oxygen atoms in total. The van der Waals surface area contributed by atoms with Gasteiger partial charge in [0.25, 0.3) is 0 Å². The van der Waals surface area contributed by atoms with Gasteiger partial charge < -0.3 is 9.47 Å². The first kappa shape index (κ1) is 10.1. The highest BCUT2D eigenvalue weighted by atomic mass is 16.5. The van der Waals surface area contributed by atoms with Gasteiger partial charge in [0.2, 0.25) is 11.2 Å². The molecule has 72 valence electrons. The quantitative estimate of drug-likeness (QED) is 0.544. The Hall–Kier alpha value is -2.02. The van der Waals surface area contributed by atoms with Gasteiger partial charge in [0.15, 0.2) is 4.98 Å². The summed E-state index contributed by atoms with van der Waals surface area (Å²) in [5, 5.41) is 8.37. The Morgan fingerprint density at radius 1 is 1.29 bits per heavy atom. The van der Waals surface area contributed by atoms with Crippen molar-refractivity contribution in [1.82, 2.24) is 0 Å². The van der Waals surface area contributed by atoms with E-state index >= 15 is 0 Å². The van der Waals surface area contributed by atoms with Crippen molar-refractivity contribution in [2.24, 2.45) is 0 Å². The fraction of sp³-hybridized carbons (Fsp3) is 0.200. The van der Waals surface area contributed by atoms with Gasteiger partial charge in [0.1, 0.15) is 5.75 Å². The Morgan fingerprint density at radius 2 is 1.93 bits per heavy atom. The molecule has 0 spiro atoms. The van der Waals surface area contributed by atoms with Gasteiger partial charge in [-0.25, -0.2) is 0 Å². The minimum Gasteiger partial charge on any atom is -0.497 e. The van der Waals surface area contributed by atoms with Crippen LogP contribution < -0.4 is 4.74 Å². The maximum atomic E-state index is 8.37. The van der Waals surface area contributed by atoms with Crippen LogP contribution in [-0.2, 0) is 4.74 Å². The molecule has 1 aromatic rings. The fourth-order valence-corrected chi connectivity index (χ4v) is 1.05. The molecule has 14 heavy (non-hydrogen) atoms. The van der Waals surface area contributed by atoms with Crippen molar-refractivity contribution >= 4 is 5.76 Å². The Morgan fingerprint density at radius 3 is 2.36 bits per heavy atom. The van der Waals surface area contributed by atoms with E-state index < -0.39 is 0 Å². The van der Waals surface area contributed by atoms with E-state index in [1.807, 2.05) is 12.1 Å². The van der Waals surface area contributed by atoms with Crippen molar-refractivity contribution in [3.8, 4) is 5.75 Å². The Kier molecular flexibility index (Phi) is 3.50. The molecule has 0 saturated carbocycles. The van der Waals surface area contributed by atoms with E-state index in [4.69, 9.17) is 14.9 Å². The third kappa shape index (κ3) is 2.23. The largest absolute Gasteiger partial charge is 0.497 e. The molecular formula is C10H11N2O2+. The molecule has 0 heterocycles. The van der Waals surface area contributed by atoms with Crippen LogP contribution in [0.1, 0.15) is 5.56 Å². The van der Waals surface area contributed by atoms with E-state index in [2.05, 4.69) is 4.98 Å². The molecule has 0 saturated heterocycles. The average molecular weight is 191 g/mol. The summed E-state index contributed by atoms with van der Waals surface area (Å²) < 4.78 is 10.0.